The smallest absolute Gasteiger partial charge is 0.0891 e. The third-order valence-corrected chi connectivity index (χ3v) is 3.70. The van der Waals surface area contributed by atoms with E-state index < -0.39 is 5.60 Å². The van der Waals surface area contributed by atoms with Crippen molar-refractivity contribution in [3.05, 3.63) is 60.2 Å². The van der Waals surface area contributed by atoms with Gasteiger partial charge in [-0.1, -0.05) is 68.4 Å². The Kier molecular flexibility index (Phi) is 3.53. The number of rotatable bonds is 3. The molecule has 2 aromatic carbocycles. The lowest BCUT2D eigenvalue weighted by molar-refractivity contribution is 0.00906. The summed E-state index contributed by atoms with van der Waals surface area (Å²) < 4.78 is 0. The van der Waals surface area contributed by atoms with Crippen molar-refractivity contribution < 1.29 is 5.11 Å². The highest BCUT2D eigenvalue weighted by Gasteiger charge is 2.26. The molecule has 0 amide bonds. The molecule has 0 radical (unpaired) electrons. The lowest BCUT2D eigenvalue weighted by Gasteiger charge is -2.28. The number of benzene rings is 2. The molecule has 0 saturated heterocycles. The predicted octanol–water partition coefficient (Wildman–Crippen LogP) is 4.22. The maximum absolute atomic E-state index is 10.4. The van der Waals surface area contributed by atoms with E-state index in [1.807, 2.05) is 51.1 Å². The predicted molar refractivity (Wildman–Crippen MR) is 76.3 cm³/mol. The van der Waals surface area contributed by atoms with Gasteiger partial charge in [-0.05, 0) is 29.5 Å². The van der Waals surface area contributed by atoms with Gasteiger partial charge in [0.05, 0.1) is 5.60 Å². The molecule has 0 saturated carbocycles. The van der Waals surface area contributed by atoms with Crippen LogP contribution in [-0.4, -0.2) is 5.11 Å². The van der Waals surface area contributed by atoms with Crippen LogP contribution < -0.4 is 0 Å². The summed E-state index contributed by atoms with van der Waals surface area (Å²) in [6.07, 6.45) is 0. The van der Waals surface area contributed by atoms with Crippen molar-refractivity contribution >= 4 is 0 Å². The highest BCUT2D eigenvalue weighted by atomic mass is 16.3. The summed E-state index contributed by atoms with van der Waals surface area (Å²) in [6, 6.07) is 18.4. The topological polar surface area (TPSA) is 20.2 Å². The minimum Gasteiger partial charge on any atom is -0.385 e. The first-order valence-electron chi connectivity index (χ1n) is 6.40. The van der Waals surface area contributed by atoms with Gasteiger partial charge in [-0.2, -0.15) is 0 Å². The molecule has 1 nitrogen and oxygen atoms in total. The maximum atomic E-state index is 10.4. The van der Waals surface area contributed by atoms with Gasteiger partial charge in [0.1, 0.15) is 0 Å². The highest BCUT2D eigenvalue weighted by Crippen LogP contribution is 2.30. The number of aliphatic hydroxyl groups is 1. The second-order valence-electron chi connectivity index (χ2n) is 5.25. The molecular formula is C17H20O. The minimum atomic E-state index is -0.769. The largest absolute Gasteiger partial charge is 0.385 e. The van der Waals surface area contributed by atoms with Crippen molar-refractivity contribution in [2.75, 3.05) is 0 Å². The molecule has 94 valence electrons. The first-order valence-corrected chi connectivity index (χ1v) is 6.40. The van der Waals surface area contributed by atoms with Gasteiger partial charge in [0.15, 0.2) is 0 Å². The maximum Gasteiger partial charge on any atom is 0.0891 e. The zero-order chi connectivity index (χ0) is 13.2. The summed E-state index contributed by atoms with van der Waals surface area (Å²) in [5.74, 6) is 0.195. The Morgan fingerprint density at radius 2 is 1.33 bits per heavy atom. The Labute approximate surface area is 109 Å². The summed E-state index contributed by atoms with van der Waals surface area (Å²) in [5, 5.41) is 10.4. The molecule has 0 aromatic heterocycles. The monoisotopic (exact) mass is 240 g/mol. The van der Waals surface area contributed by atoms with E-state index in [2.05, 4.69) is 24.3 Å². The normalized spacial score (nSPS) is 14.5. The van der Waals surface area contributed by atoms with Crippen LogP contribution in [0.1, 0.15) is 26.3 Å². The summed E-state index contributed by atoms with van der Waals surface area (Å²) in [4.78, 5) is 0. The molecule has 0 aliphatic rings. The molecule has 0 aliphatic carbocycles. The first kappa shape index (κ1) is 12.8. The second-order valence-corrected chi connectivity index (χ2v) is 5.25. The van der Waals surface area contributed by atoms with Gasteiger partial charge in [-0.25, -0.2) is 0 Å². The Hall–Kier alpha value is -1.60. The van der Waals surface area contributed by atoms with Crippen LogP contribution >= 0.6 is 0 Å². The van der Waals surface area contributed by atoms with Gasteiger partial charge in [-0.15, -0.1) is 0 Å². The fourth-order valence-electron chi connectivity index (χ4n) is 1.96. The summed E-state index contributed by atoms with van der Waals surface area (Å²) in [6.45, 7) is 5.94. The zero-order valence-corrected chi connectivity index (χ0v) is 11.2. The van der Waals surface area contributed by atoms with E-state index in [1.54, 1.807) is 0 Å². The summed E-state index contributed by atoms with van der Waals surface area (Å²) in [5.41, 5.74) is 2.58. The van der Waals surface area contributed by atoms with Crippen LogP contribution in [0.2, 0.25) is 0 Å². The van der Waals surface area contributed by atoms with E-state index in [0.29, 0.717) is 0 Å². The van der Waals surface area contributed by atoms with Crippen molar-refractivity contribution in [3.8, 4) is 11.1 Å². The van der Waals surface area contributed by atoms with Gasteiger partial charge in [0.2, 0.25) is 0 Å². The highest BCUT2D eigenvalue weighted by molar-refractivity contribution is 5.63. The van der Waals surface area contributed by atoms with E-state index >= 15 is 0 Å². The van der Waals surface area contributed by atoms with Crippen molar-refractivity contribution in [1.82, 2.24) is 0 Å². The fraction of sp³-hybridized carbons (Fsp3) is 0.294. The molecule has 0 bridgehead atoms. The molecule has 2 aromatic rings. The molecule has 0 aliphatic heterocycles. The van der Waals surface area contributed by atoms with Gasteiger partial charge in [0, 0.05) is 0 Å². The molecule has 1 atom stereocenters. The molecule has 0 spiro atoms. The molecule has 1 heteroatoms. The third-order valence-electron chi connectivity index (χ3n) is 3.70. The van der Waals surface area contributed by atoms with Gasteiger partial charge < -0.3 is 5.11 Å². The molecule has 1 N–H and O–H groups in total. The van der Waals surface area contributed by atoms with E-state index in [9.17, 15) is 5.11 Å². The van der Waals surface area contributed by atoms with Gasteiger partial charge in [0.25, 0.3) is 0 Å². The molecule has 1 unspecified atom stereocenters. The standard InChI is InChI=1S/C17H20O/c1-13(2)17(3,18)16-11-9-15(10-12-16)14-7-5-4-6-8-14/h4-13,18H,1-3H3. The molecular weight excluding hydrogens is 220 g/mol. The number of hydrogen-bond donors (Lipinski definition) is 1. The van der Waals surface area contributed by atoms with Crippen molar-refractivity contribution in [2.24, 2.45) is 5.92 Å². The summed E-state index contributed by atoms with van der Waals surface area (Å²) in [7, 11) is 0. The zero-order valence-electron chi connectivity index (χ0n) is 11.2. The SMILES string of the molecule is CC(C)C(C)(O)c1ccc(-c2ccccc2)cc1. The van der Waals surface area contributed by atoms with Crippen LogP contribution in [0, 0.1) is 5.92 Å². The van der Waals surface area contributed by atoms with Gasteiger partial charge >= 0.3 is 0 Å². The quantitative estimate of drug-likeness (QED) is 0.851. The Morgan fingerprint density at radius 1 is 0.833 bits per heavy atom. The second kappa shape index (κ2) is 4.95. The van der Waals surface area contributed by atoms with E-state index in [-0.39, 0.29) is 5.92 Å². The molecule has 2 rings (SSSR count). The fourth-order valence-corrected chi connectivity index (χ4v) is 1.96. The number of hydrogen-bond acceptors (Lipinski definition) is 1. The van der Waals surface area contributed by atoms with Crippen molar-refractivity contribution in [2.45, 2.75) is 26.4 Å². The molecule has 0 heterocycles. The average molecular weight is 240 g/mol. The van der Waals surface area contributed by atoms with Crippen LogP contribution in [0.15, 0.2) is 54.6 Å². The molecule has 18 heavy (non-hydrogen) atoms. The third kappa shape index (κ3) is 2.46. The van der Waals surface area contributed by atoms with Crippen LogP contribution in [-0.2, 0) is 5.60 Å². The van der Waals surface area contributed by atoms with Gasteiger partial charge in [-0.3, -0.25) is 0 Å². The molecule has 0 fully saturated rings. The van der Waals surface area contributed by atoms with Crippen LogP contribution in [0.4, 0.5) is 0 Å². The van der Waals surface area contributed by atoms with E-state index in [4.69, 9.17) is 0 Å². The van der Waals surface area contributed by atoms with Crippen LogP contribution in [0.25, 0.3) is 11.1 Å². The van der Waals surface area contributed by atoms with Crippen LogP contribution in [0.3, 0.4) is 0 Å². The van der Waals surface area contributed by atoms with E-state index in [1.165, 1.54) is 11.1 Å². The average Bonchev–Trinajstić information content (AvgIpc) is 2.40. The Balaban J connectivity index is 2.32. The van der Waals surface area contributed by atoms with Crippen molar-refractivity contribution in [3.63, 3.8) is 0 Å². The minimum absolute atomic E-state index is 0.195. The van der Waals surface area contributed by atoms with Crippen LogP contribution in [0.5, 0.6) is 0 Å². The lowest BCUT2D eigenvalue weighted by atomic mass is 9.84. The summed E-state index contributed by atoms with van der Waals surface area (Å²) >= 11 is 0. The van der Waals surface area contributed by atoms with E-state index in [0.717, 1.165) is 5.56 Å². The first-order chi connectivity index (χ1) is 8.51. The Bertz CT molecular complexity index is 495. The Morgan fingerprint density at radius 3 is 1.83 bits per heavy atom. The van der Waals surface area contributed by atoms with Crippen molar-refractivity contribution in [1.29, 1.82) is 0 Å². The lowest BCUT2D eigenvalue weighted by Crippen LogP contribution is -2.27.